The number of phenolic OH excluding ortho intramolecular Hbond substituents is 2. The molecule has 0 aliphatic carbocycles. The Morgan fingerprint density at radius 2 is 2.08 bits per heavy atom. The largest absolute Gasteiger partial charge is 0.504 e. The number of rotatable bonds is 2. The number of para-hydroxylation sites is 1. The van der Waals surface area contributed by atoms with Crippen LogP contribution in [-0.2, 0) is 0 Å². The first-order chi connectivity index (χ1) is 5.66. The molecule has 0 heterocycles. The van der Waals surface area contributed by atoms with Gasteiger partial charge in [0.25, 0.3) is 0 Å². The second kappa shape index (κ2) is 3.23. The molecule has 0 saturated carbocycles. The first-order valence-electron chi connectivity index (χ1n) is 3.41. The monoisotopic (exact) mass is 167 g/mol. The second-order valence-electron chi connectivity index (χ2n) is 2.30. The van der Waals surface area contributed by atoms with E-state index < -0.39 is 11.5 Å². The topological polar surface area (TPSA) is 83.6 Å². The Morgan fingerprint density at radius 3 is 2.67 bits per heavy atom. The molecule has 4 N–H and O–H groups in total. The van der Waals surface area contributed by atoms with Gasteiger partial charge < -0.3 is 15.9 Å². The van der Waals surface area contributed by atoms with Gasteiger partial charge in [-0.25, -0.2) is 0 Å². The first kappa shape index (κ1) is 8.55. The number of phenols is 2. The van der Waals surface area contributed by atoms with Crippen molar-refractivity contribution in [3.8, 4) is 11.5 Å². The molecule has 0 radical (unpaired) electrons. The highest BCUT2D eigenvalue weighted by molar-refractivity contribution is 6.00. The summed E-state index contributed by atoms with van der Waals surface area (Å²) >= 11 is 0. The number of hydrogen-bond acceptors (Lipinski definition) is 4. The third kappa shape index (κ3) is 1.38. The normalized spacial score (nSPS) is 9.75. The molecule has 0 unspecified atom stereocenters. The molecule has 4 nitrogen and oxygen atoms in total. The van der Waals surface area contributed by atoms with Gasteiger partial charge in [-0.15, -0.1) is 0 Å². The maximum Gasteiger partial charge on any atom is 0.180 e. The highest BCUT2D eigenvalue weighted by Gasteiger charge is 2.11. The molecule has 0 saturated heterocycles. The lowest BCUT2D eigenvalue weighted by Crippen LogP contribution is -2.13. The fraction of sp³-hybridized carbons (Fsp3) is 0.125. The average molecular weight is 167 g/mol. The molecule has 0 aliphatic rings. The molecule has 0 amide bonds. The van der Waals surface area contributed by atoms with Gasteiger partial charge in [0.1, 0.15) is 0 Å². The Hall–Kier alpha value is -1.55. The minimum absolute atomic E-state index is 0.0532. The Morgan fingerprint density at radius 1 is 1.42 bits per heavy atom. The quantitative estimate of drug-likeness (QED) is 0.435. The van der Waals surface area contributed by atoms with Crippen LogP contribution in [0.5, 0.6) is 11.5 Å². The SMILES string of the molecule is NCC(=O)c1cccc(O)c1O. The van der Waals surface area contributed by atoms with Crippen LogP contribution in [-0.4, -0.2) is 22.5 Å². The third-order valence-corrected chi connectivity index (χ3v) is 1.50. The van der Waals surface area contributed by atoms with E-state index in [1.165, 1.54) is 18.2 Å². The fourth-order valence-electron chi connectivity index (χ4n) is 0.866. The molecular weight excluding hydrogens is 158 g/mol. The number of carbonyl (C=O) groups is 1. The summed E-state index contributed by atoms with van der Waals surface area (Å²) in [6, 6.07) is 4.17. The van der Waals surface area contributed by atoms with Crippen LogP contribution >= 0.6 is 0 Å². The van der Waals surface area contributed by atoms with E-state index in [0.29, 0.717) is 0 Å². The minimum atomic E-state index is -0.409. The van der Waals surface area contributed by atoms with Crippen molar-refractivity contribution in [3.05, 3.63) is 23.8 Å². The van der Waals surface area contributed by atoms with Gasteiger partial charge in [-0.1, -0.05) is 6.07 Å². The van der Waals surface area contributed by atoms with E-state index in [0.717, 1.165) is 0 Å². The van der Waals surface area contributed by atoms with Gasteiger partial charge >= 0.3 is 0 Å². The molecular formula is C8H9NO3. The predicted octanol–water partition coefficient (Wildman–Crippen LogP) is 0.239. The van der Waals surface area contributed by atoms with E-state index >= 15 is 0 Å². The molecule has 64 valence electrons. The van der Waals surface area contributed by atoms with Crippen LogP contribution in [0.1, 0.15) is 10.4 Å². The maximum absolute atomic E-state index is 11.0. The van der Waals surface area contributed by atoms with Crippen LogP contribution in [0.3, 0.4) is 0 Å². The predicted molar refractivity (Wildman–Crippen MR) is 43.2 cm³/mol. The summed E-state index contributed by atoms with van der Waals surface area (Å²) in [6.45, 7) is -0.184. The van der Waals surface area contributed by atoms with Gasteiger partial charge in [-0.05, 0) is 12.1 Å². The van der Waals surface area contributed by atoms with Gasteiger partial charge in [0.2, 0.25) is 0 Å². The van der Waals surface area contributed by atoms with Crippen molar-refractivity contribution in [2.75, 3.05) is 6.54 Å². The van der Waals surface area contributed by atoms with Crippen molar-refractivity contribution in [2.24, 2.45) is 5.73 Å². The van der Waals surface area contributed by atoms with Crippen molar-refractivity contribution in [3.63, 3.8) is 0 Å². The summed E-state index contributed by atoms with van der Waals surface area (Å²) in [7, 11) is 0. The standard InChI is InChI=1S/C8H9NO3/c9-4-7(11)5-2-1-3-6(10)8(5)12/h1-3,10,12H,4,9H2. The average Bonchev–Trinajstić information content (AvgIpc) is 2.08. The van der Waals surface area contributed by atoms with E-state index in [2.05, 4.69) is 0 Å². The molecule has 4 heteroatoms. The smallest absolute Gasteiger partial charge is 0.180 e. The minimum Gasteiger partial charge on any atom is -0.504 e. The number of aromatic hydroxyl groups is 2. The molecule has 0 aromatic heterocycles. The summed E-state index contributed by atoms with van der Waals surface area (Å²) < 4.78 is 0. The number of ketones is 1. The van der Waals surface area contributed by atoms with Crippen LogP contribution in [0.4, 0.5) is 0 Å². The number of nitrogens with two attached hydrogens (primary N) is 1. The molecule has 0 aliphatic heterocycles. The molecule has 0 bridgehead atoms. The van der Waals surface area contributed by atoms with E-state index in [-0.39, 0.29) is 17.9 Å². The highest BCUT2D eigenvalue weighted by atomic mass is 16.3. The van der Waals surface area contributed by atoms with E-state index in [4.69, 9.17) is 10.8 Å². The number of Topliss-reactive ketones (excluding diaryl/α,β-unsaturated/α-hetero) is 1. The Kier molecular flexibility index (Phi) is 2.30. The number of hydrogen-bond donors (Lipinski definition) is 3. The zero-order valence-corrected chi connectivity index (χ0v) is 6.32. The lowest BCUT2D eigenvalue weighted by atomic mass is 10.1. The van der Waals surface area contributed by atoms with Crippen LogP contribution < -0.4 is 5.73 Å². The van der Waals surface area contributed by atoms with Crippen molar-refractivity contribution in [1.82, 2.24) is 0 Å². The second-order valence-corrected chi connectivity index (χ2v) is 2.30. The summed E-state index contributed by atoms with van der Waals surface area (Å²) in [5.74, 6) is -1.12. The van der Waals surface area contributed by atoms with Crippen molar-refractivity contribution in [2.45, 2.75) is 0 Å². The van der Waals surface area contributed by atoms with Gasteiger partial charge in [0.15, 0.2) is 17.3 Å². The van der Waals surface area contributed by atoms with Gasteiger partial charge in [-0.3, -0.25) is 4.79 Å². The van der Waals surface area contributed by atoms with Gasteiger partial charge in [0, 0.05) is 0 Å². The van der Waals surface area contributed by atoms with E-state index in [9.17, 15) is 9.90 Å². The fourth-order valence-corrected chi connectivity index (χ4v) is 0.866. The lowest BCUT2D eigenvalue weighted by molar-refractivity contribution is 0.0998. The Labute approximate surface area is 69.3 Å². The zero-order chi connectivity index (χ0) is 9.14. The van der Waals surface area contributed by atoms with Crippen molar-refractivity contribution in [1.29, 1.82) is 0 Å². The summed E-state index contributed by atoms with van der Waals surface area (Å²) in [6.07, 6.45) is 0. The first-order valence-corrected chi connectivity index (χ1v) is 3.41. The van der Waals surface area contributed by atoms with Crippen LogP contribution in [0.25, 0.3) is 0 Å². The van der Waals surface area contributed by atoms with Crippen molar-refractivity contribution >= 4 is 5.78 Å². The lowest BCUT2D eigenvalue weighted by Gasteiger charge is -2.02. The zero-order valence-electron chi connectivity index (χ0n) is 6.32. The molecule has 1 aromatic carbocycles. The molecule has 1 aromatic rings. The molecule has 0 atom stereocenters. The third-order valence-electron chi connectivity index (χ3n) is 1.50. The van der Waals surface area contributed by atoms with Gasteiger partial charge in [0.05, 0.1) is 12.1 Å². The molecule has 12 heavy (non-hydrogen) atoms. The molecule has 0 fully saturated rings. The van der Waals surface area contributed by atoms with Gasteiger partial charge in [-0.2, -0.15) is 0 Å². The van der Waals surface area contributed by atoms with Crippen LogP contribution in [0, 0.1) is 0 Å². The molecule has 0 spiro atoms. The number of benzene rings is 1. The van der Waals surface area contributed by atoms with E-state index in [1.807, 2.05) is 0 Å². The van der Waals surface area contributed by atoms with Crippen LogP contribution in [0.2, 0.25) is 0 Å². The Bertz CT molecular complexity index is 309. The van der Waals surface area contributed by atoms with Crippen LogP contribution in [0.15, 0.2) is 18.2 Å². The Balaban J connectivity index is 3.16. The summed E-state index contributed by atoms with van der Waals surface area (Å²) in [4.78, 5) is 11.0. The summed E-state index contributed by atoms with van der Waals surface area (Å²) in [5, 5.41) is 18.2. The highest BCUT2D eigenvalue weighted by Crippen LogP contribution is 2.27. The van der Waals surface area contributed by atoms with Crippen molar-refractivity contribution < 1.29 is 15.0 Å². The van der Waals surface area contributed by atoms with E-state index in [1.54, 1.807) is 0 Å². The summed E-state index contributed by atoms with van der Waals surface area (Å²) in [5.41, 5.74) is 5.13. The molecule has 1 rings (SSSR count). The maximum atomic E-state index is 11.0. The number of carbonyl (C=O) groups excluding carboxylic acids is 1.